The molecule has 7 heteroatoms. The number of fused-ring (bicyclic) bond motifs is 2. The third-order valence-electron chi connectivity index (χ3n) is 14.8. The lowest BCUT2D eigenvalue weighted by atomic mass is 9.81. The van der Waals surface area contributed by atoms with Crippen molar-refractivity contribution >= 4 is 78.5 Å². The fraction of sp³-hybridized carbons (Fsp3) is 0.586. The molecule has 2 aliphatic rings. The summed E-state index contributed by atoms with van der Waals surface area (Å²) in [5, 5.41) is 7.35. The monoisotopic (exact) mass is 899 g/mol. The zero-order valence-electron chi connectivity index (χ0n) is 40.7. The quantitative estimate of drug-likeness (QED) is 0.0151. The number of unbranched alkanes of at least 4 members (excludes halogenated alkanes) is 17. The highest BCUT2D eigenvalue weighted by molar-refractivity contribution is 7.99. The molecular weight excluding hydrogens is 821 g/mol. The second-order valence-corrected chi connectivity index (χ2v) is 20.7. The molecule has 0 saturated carbocycles. The van der Waals surface area contributed by atoms with Crippen LogP contribution in [0.5, 0.6) is 0 Å². The predicted octanol–water partition coefficient (Wildman–Crippen LogP) is 17.0. The Hall–Kier alpha value is -3.97. The summed E-state index contributed by atoms with van der Waals surface area (Å²) < 4.78 is 0. The second kappa shape index (κ2) is 23.7. The summed E-state index contributed by atoms with van der Waals surface area (Å²) >= 11 is 1.82. The van der Waals surface area contributed by atoms with Crippen LogP contribution in [0.2, 0.25) is 0 Å². The van der Waals surface area contributed by atoms with E-state index in [1.54, 1.807) is 9.80 Å². The lowest BCUT2D eigenvalue weighted by molar-refractivity contribution is 0.0501. The van der Waals surface area contributed by atoms with E-state index < -0.39 is 0 Å². The van der Waals surface area contributed by atoms with Gasteiger partial charge in [-0.05, 0) is 83.7 Å². The van der Waals surface area contributed by atoms with Crippen molar-refractivity contribution in [2.75, 3.05) is 5.75 Å². The van der Waals surface area contributed by atoms with Gasteiger partial charge in [-0.1, -0.05) is 188 Å². The average molecular weight is 899 g/mol. The smallest absolute Gasteiger partial charge is 0.261 e. The number of hydrogen-bond donors (Lipinski definition) is 0. The second-order valence-electron chi connectivity index (χ2n) is 19.6. The number of nitrogens with zero attached hydrogens (tertiary/aromatic N) is 2. The van der Waals surface area contributed by atoms with Crippen LogP contribution in [0, 0.1) is 0 Å². The SMILES string of the molecule is CCCCCCCCSc1cc2c3c(ccc4c5ccc6c7c(ccc(c1c34)c75)C(=O)N(C(CCCCCC)CCCCCC)C6=O)C(=O)N(C(CCCCCC)CCCCCC)C2=O. The van der Waals surface area contributed by atoms with Crippen molar-refractivity contribution in [3.05, 3.63) is 64.7 Å². The van der Waals surface area contributed by atoms with E-state index in [0.717, 1.165) is 189 Å². The third kappa shape index (κ3) is 10.3. The summed E-state index contributed by atoms with van der Waals surface area (Å²) in [5.41, 5.74) is 2.45. The molecule has 0 unspecified atom stereocenters. The fourth-order valence-corrected chi connectivity index (χ4v) is 12.4. The van der Waals surface area contributed by atoms with Gasteiger partial charge < -0.3 is 0 Å². The Labute approximate surface area is 394 Å². The van der Waals surface area contributed by atoms with E-state index in [4.69, 9.17) is 0 Å². The van der Waals surface area contributed by atoms with Gasteiger partial charge in [0.2, 0.25) is 0 Å². The van der Waals surface area contributed by atoms with Crippen molar-refractivity contribution in [3.63, 3.8) is 0 Å². The molecule has 2 aliphatic heterocycles. The summed E-state index contributed by atoms with van der Waals surface area (Å²) in [6.07, 6.45) is 28.3. The number of thioether (sulfide) groups is 1. The predicted molar refractivity (Wildman–Crippen MR) is 275 cm³/mol. The molecule has 7 rings (SSSR count). The van der Waals surface area contributed by atoms with Crippen molar-refractivity contribution < 1.29 is 19.2 Å². The summed E-state index contributed by atoms with van der Waals surface area (Å²) in [6, 6.07) is 14.0. The number of imide groups is 2. The first-order chi connectivity index (χ1) is 31.8. The summed E-state index contributed by atoms with van der Waals surface area (Å²) in [7, 11) is 0. The molecule has 6 nitrogen and oxygen atoms in total. The lowest BCUT2D eigenvalue weighted by Crippen LogP contribution is -2.47. The van der Waals surface area contributed by atoms with Gasteiger partial charge in [-0.25, -0.2) is 0 Å². The minimum absolute atomic E-state index is 0.122. The zero-order valence-corrected chi connectivity index (χ0v) is 41.5. The van der Waals surface area contributed by atoms with E-state index in [2.05, 4.69) is 58.9 Å². The number of hydrogen-bond acceptors (Lipinski definition) is 5. The van der Waals surface area contributed by atoms with E-state index in [-0.39, 0.29) is 35.7 Å². The Morgan fingerprint density at radius 3 is 1.17 bits per heavy atom. The first kappa shape index (κ1) is 48.9. The molecular formula is C58H78N2O4S. The van der Waals surface area contributed by atoms with Gasteiger partial charge in [-0.2, -0.15) is 0 Å². The van der Waals surface area contributed by atoms with Gasteiger partial charge in [0.1, 0.15) is 0 Å². The Morgan fingerprint density at radius 1 is 0.369 bits per heavy atom. The van der Waals surface area contributed by atoms with Crippen LogP contribution >= 0.6 is 11.8 Å². The molecule has 350 valence electrons. The third-order valence-corrected chi connectivity index (χ3v) is 15.9. The molecule has 5 aromatic rings. The minimum Gasteiger partial charge on any atom is -0.271 e. The minimum atomic E-state index is -0.175. The average Bonchev–Trinajstić information content (AvgIpc) is 3.31. The molecule has 0 spiro atoms. The molecule has 0 bridgehead atoms. The Bertz CT molecular complexity index is 2390. The summed E-state index contributed by atoms with van der Waals surface area (Å²) in [4.78, 5) is 64.1. The van der Waals surface area contributed by atoms with Crippen LogP contribution < -0.4 is 0 Å². The van der Waals surface area contributed by atoms with Crippen LogP contribution in [0.15, 0.2) is 47.4 Å². The maximum atomic E-state index is 15.1. The molecule has 0 aliphatic carbocycles. The van der Waals surface area contributed by atoms with Gasteiger partial charge in [-0.3, -0.25) is 29.0 Å². The van der Waals surface area contributed by atoms with E-state index in [1.807, 2.05) is 30.0 Å². The number of benzene rings is 5. The van der Waals surface area contributed by atoms with Gasteiger partial charge in [0, 0.05) is 60.8 Å². The number of amides is 4. The standard InChI is InChI=1S/C58H78N2O4S/c1-6-11-16-21-22-27-38-65-49-39-48-52-47(57(63)60(58(48)64)41(30-25-19-14-9-4)31-26-20-15-10-5)36-33-43-42-32-35-45-51-46(37-34-44(50(42)51)53(49)54(43)52)56(62)59(55(45)61)40(28-23-17-12-7-2)29-24-18-13-8-3/h32-37,39-41H,6-31,38H2,1-5H3. The van der Waals surface area contributed by atoms with E-state index in [9.17, 15) is 14.4 Å². The highest BCUT2D eigenvalue weighted by Gasteiger charge is 2.41. The number of carbonyl (C=O) groups is 4. The summed E-state index contributed by atoms with van der Waals surface area (Å²) in [6.45, 7) is 11.1. The van der Waals surface area contributed by atoms with Crippen molar-refractivity contribution in [2.24, 2.45) is 0 Å². The molecule has 2 heterocycles. The van der Waals surface area contributed by atoms with E-state index in [0.29, 0.717) is 22.3 Å². The van der Waals surface area contributed by atoms with Crippen molar-refractivity contribution in [2.45, 2.75) is 219 Å². The van der Waals surface area contributed by atoms with Gasteiger partial charge in [0.25, 0.3) is 23.6 Å². The van der Waals surface area contributed by atoms with E-state index >= 15 is 4.79 Å². The highest BCUT2D eigenvalue weighted by Crippen LogP contribution is 2.50. The number of rotatable bonds is 30. The Balaban J connectivity index is 1.36. The van der Waals surface area contributed by atoms with E-state index in [1.165, 1.54) is 32.1 Å². The van der Waals surface area contributed by atoms with Crippen molar-refractivity contribution in [1.82, 2.24) is 9.80 Å². The molecule has 0 N–H and O–H groups in total. The lowest BCUT2D eigenvalue weighted by Gasteiger charge is -2.36. The van der Waals surface area contributed by atoms with Crippen LogP contribution in [0.25, 0.3) is 43.1 Å². The maximum Gasteiger partial charge on any atom is 0.261 e. The van der Waals surface area contributed by atoms with Gasteiger partial charge in [0.05, 0.1) is 0 Å². The molecule has 0 saturated heterocycles. The molecule has 0 atom stereocenters. The summed E-state index contributed by atoms with van der Waals surface area (Å²) in [5.74, 6) is 0.243. The number of carbonyl (C=O) groups excluding carboxylic acids is 4. The molecule has 0 radical (unpaired) electrons. The zero-order chi connectivity index (χ0) is 45.9. The van der Waals surface area contributed by atoms with Crippen molar-refractivity contribution in [3.8, 4) is 0 Å². The molecule has 0 fully saturated rings. The highest BCUT2D eigenvalue weighted by atomic mass is 32.2. The van der Waals surface area contributed by atoms with Gasteiger partial charge >= 0.3 is 0 Å². The molecule has 5 aromatic carbocycles. The Kier molecular flexibility index (Phi) is 17.8. The van der Waals surface area contributed by atoms with Crippen LogP contribution in [0.4, 0.5) is 0 Å². The largest absolute Gasteiger partial charge is 0.271 e. The molecule has 65 heavy (non-hydrogen) atoms. The van der Waals surface area contributed by atoms with Gasteiger partial charge in [-0.15, -0.1) is 11.8 Å². The molecule has 0 aromatic heterocycles. The fourth-order valence-electron chi connectivity index (χ4n) is 11.2. The van der Waals surface area contributed by atoms with Crippen molar-refractivity contribution in [1.29, 1.82) is 0 Å². The van der Waals surface area contributed by atoms with Crippen LogP contribution in [0.3, 0.4) is 0 Å². The maximum absolute atomic E-state index is 15.1. The van der Waals surface area contributed by atoms with Gasteiger partial charge in [0.15, 0.2) is 0 Å². The Morgan fingerprint density at radius 2 is 0.723 bits per heavy atom. The normalized spacial score (nSPS) is 14.1. The topological polar surface area (TPSA) is 74.8 Å². The van der Waals surface area contributed by atoms with Crippen LogP contribution in [-0.4, -0.2) is 51.3 Å². The molecule has 4 amide bonds. The first-order valence-electron chi connectivity index (χ1n) is 26.4. The van der Waals surface area contributed by atoms with Crippen LogP contribution in [-0.2, 0) is 0 Å². The first-order valence-corrected chi connectivity index (χ1v) is 27.4. The van der Waals surface area contributed by atoms with Crippen LogP contribution in [0.1, 0.15) is 243 Å².